The molecule has 0 radical (unpaired) electrons. The number of allylic oxidation sites excluding steroid dienone is 1. The summed E-state index contributed by atoms with van der Waals surface area (Å²) < 4.78 is 115. The molecule has 5 fully saturated rings. The number of hydrogen-bond donors (Lipinski definition) is 3. The van der Waals surface area contributed by atoms with Crippen LogP contribution in [0.3, 0.4) is 0 Å². The standard InChI is InChI=1S/C59H66ClF4N9O7S3/c1-58(2)23-20-51(39-8-12-43(60)13-9-39)42(32-58)34-69-26-28-70(29-27-69)45-14-10-40(11-15-45)56(75)68-83(79,80)50-18-19-52(53(31-50)82(77,78)59(62,63)64)66-44(38-81-49-6-4-3-5-7-49)21-24-71-36-47-17-16-46(71)37-72(47)35-41-30-48(33-65-55(41)61)73-25-22-54(74)67-57(73)76/h3-15,18-19,30-31,33,44,46-47,66H,16-17,20-29,32,34-38H2,1-2H3,(H,68,75)(H,67,74,76)/t44-,46?,47?/m1/s1. The number of aromatic nitrogens is 1. The Morgan fingerprint density at radius 3 is 2.22 bits per heavy atom. The van der Waals surface area contributed by atoms with E-state index in [9.17, 15) is 44.4 Å². The van der Waals surface area contributed by atoms with Crippen molar-refractivity contribution in [3.05, 3.63) is 143 Å². The molecule has 442 valence electrons. The van der Waals surface area contributed by atoms with E-state index in [0.717, 1.165) is 74.5 Å². The number of urea groups is 1. The molecule has 2 unspecified atom stereocenters. The number of nitrogens with one attached hydrogen (secondary N) is 3. The maximum atomic E-state index is 15.2. The molecule has 5 aromatic rings. The van der Waals surface area contributed by atoms with Gasteiger partial charge in [0.05, 0.1) is 22.5 Å². The molecule has 1 aromatic heterocycles. The number of hydrogen-bond acceptors (Lipinski definition) is 14. The summed E-state index contributed by atoms with van der Waals surface area (Å²) in [5.74, 6) is -1.84. The lowest BCUT2D eigenvalue weighted by molar-refractivity contribution is -0.120. The van der Waals surface area contributed by atoms with Gasteiger partial charge in [-0.15, -0.1) is 11.8 Å². The number of anilines is 3. The Morgan fingerprint density at radius 1 is 0.843 bits per heavy atom. The molecule has 0 saturated carbocycles. The number of rotatable bonds is 19. The summed E-state index contributed by atoms with van der Waals surface area (Å²) >= 11 is 7.62. The van der Waals surface area contributed by atoms with Gasteiger partial charge in [-0.05, 0) is 128 Å². The second-order valence-corrected chi connectivity index (χ2v) is 27.9. The molecule has 6 heterocycles. The van der Waals surface area contributed by atoms with Gasteiger partial charge in [-0.1, -0.05) is 61.4 Å². The minimum atomic E-state index is -6.17. The number of imide groups is 1. The molecule has 16 nitrogen and oxygen atoms in total. The molecular weight excluding hydrogens is 1150 g/mol. The minimum Gasteiger partial charge on any atom is -0.380 e. The zero-order chi connectivity index (χ0) is 58.8. The van der Waals surface area contributed by atoms with Gasteiger partial charge in [-0.2, -0.15) is 17.6 Å². The number of fused-ring (bicyclic) bond motifs is 3. The van der Waals surface area contributed by atoms with Crippen LogP contribution in [0.15, 0.2) is 130 Å². The van der Waals surface area contributed by atoms with Crippen molar-refractivity contribution in [2.24, 2.45) is 5.41 Å². The van der Waals surface area contributed by atoms with Crippen molar-refractivity contribution >= 4 is 83.7 Å². The highest BCUT2D eigenvalue weighted by atomic mass is 35.5. The smallest absolute Gasteiger partial charge is 0.380 e. The van der Waals surface area contributed by atoms with Gasteiger partial charge in [-0.3, -0.25) is 34.5 Å². The second kappa shape index (κ2) is 24.9. The van der Waals surface area contributed by atoms with Crippen molar-refractivity contribution in [1.82, 2.24) is 29.7 Å². The first-order valence-corrected chi connectivity index (χ1v) is 32.1. The lowest BCUT2D eigenvalue weighted by atomic mass is 9.73. The van der Waals surface area contributed by atoms with Gasteiger partial charge < -0.3 is 10.2 Å². The van der Waals surface area contributed by atoms with Gasteiger partial charge in [0.2, 0.25) is 11.9 Å². The molecule has 5 aliphatic heterocycles. The number of sulfone groups is 1. The Balaban J connectivity index is 0.794. The summed E-state index contributed by atoms with van der Waals surface area (Å²) in [5.41, 5.74) is -0.614. The number of piperazine rings is 2. The van der Waals surface area contributed by atoms with E-state index in [1.165, 1.54) is 51.7 Å². The number of benzene rings is 4. The third-order valence-corrected chi connectivity index (χ3v) is 20.7. The quantitative estimate of drug-likeness (QED) is 0.0403. The Kier molecular flexibility index (Phi) is 18.0. The lowest BCUT2D eigenvalue weighted by Gasteiger charge is -2.52. The Labute approximate surface area is 491 Å². The molecule has 3 atom stereocenters. The molecule has 6 aliphatic rings. The number of carbonyl (C=O) groups is 3. The molecule has 11 rings (SSSR count). The van der Waals surface area contributed by atoms with Crippen molar-refractivity contribution in [3.63, 3.8) is 0 Å². The highest BCUT2D eigenvalue weighted by Gasteiger charge is 2.49. The van der Waals surface area contributed by atoms with Crippen LogP contribution in [-0.4, -0.2) is 143 Å². The van der Waals surface area contributed by atoms with Crippen LogP contribution in [0, 0.1) is 11.4 Å². The fourth-order valence-corrected chi connectivity index (χ4v) is 15.0. The molecule has 83 heavy (non-hydrogen) atoms. The highest BCUT2D eigenvalue weighted by molar-refractivity contribution is 7.99. The minimum absolute atomic E-state index is 0.00749. The molecule has 5 saturated heterocycles. The van der Waals surface area contributed by atoms with Crippen LogP contribution < -0.4 is 25.2 Å². The molecule has 4 amide bonds. The number of alkyl halides is 3. The Hall–Kier alpha value is -6.08. The fraction of sp³-hybridized carbons (Fsp3) is 0.424. The van der Waals surface area contributed by atoms with Crippen LogP contribution in [0.2, 0.25) is 5.02 Å². The molecule has 0 spiro atoms. The van der Waals surface area contributed by atoms with Crippen LogP contribution in [0.1, 0.15) is 80.3 Å². The van der Waals surface area contributed by atoms with E-state index in [0.29, 0.717) is 61.5 Å². The van der Waals surface area contributed by atoms with Gasteiger partial charge in [-0.25, -0.2) is 31.3 Å². The molecule has 2 bridgehead atoms. The maximum absolute atomic E-state index is 15.2. The average molecular weight is 1220 g/mol. The van der Waals surface area contributed by atoms with Gasteiger partial charge in [0, 0.05) is 122 Å². The molecular formula is C59H66ClF4N9O7S3. The first kappa shape index (κ1) is 60.1. The van der Waals surface area contributed by atoms with Crippen LogP contribution in [0.25, 0.3) is 5.57 Å². The normalized spacial score (nSPS) is 20.6. The van der Waals surface area contributed by atoms with Gasteiger partial charge in [0.1, 0.15) is 4.90 Å². The predicted molar refractivity (Wildman–Crippen MR) is 313 cm³/mol. The molecule has 24 heteroatoms. The summed E-state index contributed by atoms with van der Waals surface area (Å²) in [5, 5.41) is 6.01. The number of sulfonamides is 1. The monoisotopic (exact) mass is 1220 g/mol. The summed E-state index contributed by atoms with van der Waals surface area (Å²) in [6.07, 6.45) is 6.45. The van der Waals surface area contributed by atoms with Crippen LogP contribution in [-0.2, 0) is 31.2 Å². The van der Waals surface area contributed by atoms with Crippen molar-refractivity contribution in [3.8, 4) is 0 Å². The van der Waals surface area contributed by atoms with E-state index in [2.05, 4.69) is 61.2 Å². The lowest BCUT2D eigenvalue weighted by Crippen LogP contribution is -2.62. The molecule has 1 aliphatic carbocycles. The topological polar surface area (TPSA) is 185 Å². The van der Waals surface area contributed by atoms with Crippen molar-refractivity contribution in [2.75, 3.05) is 79.8 Å². The predicted octanol–water partition coefficient (Wildman–Crippen LogP) is 9.83. The van der Waals surface area contributed by atoms with Crippen LogP contribution >= 0.6 is 23.4 Å². The Morgan fingerprint density at radius 2 is 1.54 bits per heavy atom. The van der Waals surface area contributed by atoms with Gasteiger partial charge >= 0.3 is 11.5 Å². The average Bonchev–Trinajstić information content (AvgIpc) is 3.61. The van der Waals surface area contributed by atoms with Gasteiger partial charge in [0.15, 0.2) is 0 Å². The van der Waals surface area contributed by atoms with E-state index in [1.54, 1.807) is 18.2 Å². The summed E-state index contributed by atoms with van der Waals surface area (Å²) in [4.78, 5) is 50.8. The number of amides is 4. The maximum Gasteiger partial charge on any atom is 0.501 e. The van der Waals surface area contributed by atoms with E-state index in [1.807, 2.05) is 47.2 Å². The summed E-state index contributed by atoms with van der Waals surface area (Å²) in [7, 11) is -11.1. The van der Waals surface area contributed by atoms with E-state index < -0.39 is 70.7 Å². The number of halogens is 5. The Bertz CT molecular complexity index is 3480. The number of carbonyl (C=O) groups excluding carboxylic acids is 3. The van der Waals surface area contributed by atoms with Gasteiger partial charge in [0.25, 0.3) is 25.8 Å². The highest BCUT2D eigenvalue weighted by Crippen LogP contribution is 2.43. The fourth-order valence-electron chi connectivity index (χ4n) is 11.9. The molecule has 4 aromatic carbocycles. The summed E-state index contributed by atoms with van der Waals surface area (Å²) in [6, 6.07) is 26.4. The number of nitrogens with zero attached hydrogens (tertiary/aromatic N) is 6. The third-order valence-electron chi connectivity index (χ3n) is 16.4. The number of thioether (sulfide) groups is 1. The SMILES string of the molecule is CC1(C)CCC(c2ccc(Cl)cc2)=C(CN2CCN(c3ccc(C(=O)NS(=O)(=O)c4ccc(N[C@H](CCN5CC6CCC5CN6Cc5cc(N6CCC(=O)NC6=O)cnc5F)CSc5ccccc5)c(S(=O)(=O)C(F)(F)F)c4)cc3)CC2)C1. The first-order chi connectivity index (χ1) is 39.5. The van der Waals surface area contributed by atoms with Crippen molar-refractivity contribution in [2.45, 2.75) is 104 Å². The van der Waals surface area contributed by atoms with Crippen LogP contribution in [0.4, 0.5) is 39.4 Å². The second-order valence-electron chi connectivity index (χ2n) is 22.7. The zero-order valence-electron chi connectivity index (χ0n) is 46.0. The van der Waals surface area contributed by atoms with Crippen molar-refractivity contribution in [1.29, 1.82) is 0 Å². The zero-order valence-corrected chi connectivity index (χ0v) is 49.2. The third kappa shape index (κ3) is 14.2. The first-order valence-electron chi connectivity index (χ1n) is 27.7. The summed E-state index contributed by atoms with van der Waals surface area (Å²) in [6.45, 7) is 10.5. The van der Waals surface area contributed by atoms with E-state index in [4.69, 9.17) is 11.6 Å². The van der Waals surface area contributed by atoms with E-state index >= 15 is 4.39 Å². The largest absolute Gasteiger partial charge is 0.501 e. The molecule has 3 N–H and O–H groups in total. The number of pyridine rings is 1. The van der Waals surface area contributed by atoms with Crippen molar-refractivity contribution < 1.29 is 48.8 Å². The van der Waals surface area contributed by atoms with Crippen LogP contribution in [0.5, 0.6) is 0 Å². The van der Waals surface area contributed by atoms with E-state index in [-0.39, 0.29) is 48.3 Å². The number of piperidine rings is 2.